The second-order valence-corrected chi connectivity index (χ2v) is 11.7. The molecule has 0 radical (unpaired) electrons. The second-order valence-electron chi connectivity index (χ2n) is 6.91. The Hall–Kier alpha value is -0.0831. The van der Waals surface area contributed by atoms with Crippen LogP contribution in [0.5, 0.6) is 0 Å². The molecule has 0 atom stereocenters. The van der Waals surface area contributed by atoms with Gasteiger partial charge < -0.3 is 4.43 Å². The van der Waals surface area contributed by atoms with Crippen molar-refractivity contribution in [2.45, 2.75) is 84.9 Å². The van der Waals surface area contributed by atoms with Crippen LogP contribution < -0.4 is 0 Å². The largest absolute Gasteiger partial charge is 0.417 e. The zero-order valence-corrected chi connectivity index (χ0v) is 14.7. The van der Waals surface area contributed by atoms with E-state index in [1.165, 1.54) is 31.3 Å². The van der Waals surface area contributed by atoms with Crippen molar-refractivity contribution in [2.75, 3.05) is 6.61 Å². The van der Waals surface area contributed by atoms with Gasteiger partial charge in [0.05, 0.1) is 0 Å². The molecule has 108 valence electrons. The van der Waals surface area contributed by atoms with Crippen LogP contribution in [0.25, 0.3) is 0 Å². The van der Waals surface area contributed by atoms with Crippen LogP contribution in [0.15, 0.2) is 11.6 Å². The van der Waals surface area contributed by atoms with Crippen LogP contribution in [0.3, 0.4) is 0 Å². The number of rotatable bonds is 8. The molecule has 0 aliphatic heterocycles. The Labute approximate surface area is 116 Å². The van der Waals surface area contributed by atoms with Gasteiger partial charge in [0, 0.05) is 6.61 Å². The topological polar surface area (TPSA) is 9.23 Å². The lowest BCUT2D eigenvalue weighted by Gasteiger charge is -2.36. The summed E-state index contributed by atoms with van der Waals surface area (Å²) in [4.78, 5) is 0. The maximum atomic E-state index is 6.16. The van der Waals surface area contributed by atoms with E-state index in [1.807, 2.05) is 0 Å². The van der Waals surface area contributed by atoms with Crippen LogP contribution in [0.1, 0.15) is 66.7 Å². The van der Waals surface area contributed by atoms with E-state index in [0.717, 1.165) is 13.0 Å². The van der Waals surface area contributed by atoms with E-state index >= 15 is 0 Å². The van der Waals surface area contributed by atoms with Gasteiger partial charge >= 0.3 is 0 Å². The summed E-state index contributed by atoms with van der Waals surface area (Å²) in [5, 5.41) is 0.326. The molecule has 0 bridgehead atoms. The normalized spacial score (nSPS) is 14.1. The highest BCUT2D eigenvalue weighted by atomic mass is 28.4. The van der Waals surface area contributed by atoms with E-state index in [4.69, 9.17) is 4.43 Å². The molecule has 0 aliphatic carbocycles. The monoisotopic (exact) mass is 270 g/mol. The summed E-state index contributed by atoms with van der Waals surface area (Å²) < 4.78 is 6.16. The molecule has 0 saturated carbocycles. The molecule has 2 heteroatoms. The first-order valence-corrected chi connectivity index (χ1v) is 10.4. The van der Waals surface area contributed by atoms with E-state index in [9.17, 15) is 0 Å². The van der Waals surface area contributed by atoms with E-state index in [2.05, 4.69) is 53.8 Å². The maximum absolute atomic E-state index is 6.16. The molecular formula is C16H34OSi. The summed E-state index contributed by atoms with van der Waals surface area (Å²) in [6.07, 6.45) is 8.69. The van der Waals surface area contributed by atoms with Crippen LogP contribution in [-0.2, 0) is 4.43 Å². The highest BCUT2D eigenvalue weighted by molar-refractivity contribution is 6.74. The summed E-state index contributed by atoms with van der Waals surface area (Å²) in [6, 6.07) is 0. The van der Waals surface area contributed by atoms with Crippen LogP contribution >= 0.6 is 0 Å². The summed E-state index contributed by atoms with van der Waals surface area (Å²) in [5.41, 5.74) is 1.53. The molecular weight excluding hydrogens is 236 g/mol. The van der Waals surface area contributed by atoms with Crippen LogP contribution in [0.2, 0.25) is 18.1 Å². The molecule has 0 aromatic heterocycles. The van der Waals surface area contributed by atoms with Crippen molar-refractivity contribution in [3.8, 4) is 0 Å². The quantitative estimate of drug-likeness (QED) is 0.302. The minimum atomic E-state index is -1.54. The van der Waals surface area contributed by atoms with E-state index in [-0.39, 0.29) is 0 Å². The minimum absolute atomic E-state index is 0.326. The minimum Gasteiger partial charge on any atom is -0.417 e. The molecule has 0 fully saturated rings. The van der Waals surface area contributed by atoms with Crippen molar-refractivity contribution in [2.24, 2.45) is 0 Å². The third-order valence-electron chi connectivity index (χ3n) is 4.05. The molecule has 0 spiro atoms. The van der Waals surface area contributed by atoms with Crippen molar-refractivity contribution in [1.29, 1.82) is 0 Å². The van der Waals surface area contributed by atoms with Gasteiger partial charge in [-0.05, 0) is 44.3 Å². The van der Waals surface area contributed by atoms with Gasteiger partial charge in [0.1, 0.15) is 0 Å². The molecule has 0 unspecified atom stereocenters. The van der Waals surface area contributed by atoms with Crippen molar-refractivity contribution in [3.63, 3.8) is 0 Å². The Balaban J connectivity index is 3.88. The fourth-order valence-corrected chi connectivity index (χ4v) is 2.65. The van der Waals surface area contributed by atoms with Crippen LogP contribution in [0.4, 0.5) is 0 Å². The lowest BCUT2D eigenvalue weighted by molar-refractivity contribution is 0.294. The summed E-state index contributed by atoms with van der Waals surface area (Å²) in [7, 11) is -1.54. The van der Waals surface area contributed by atoms with Gasteiger partial charge in [-0.15, -0.1) is 0 Å². The van der Waals surface area contributed by atoms with Gasteiger partial charge in [0.2, 0.25) is 0 Å². The molecule has 0 rings (SSSR count). The number of hydrogen-bond donors (Lipinski definition) is 0. The predicted molar refractivity (Wildman–Crippen MR) is 85.7 cm³/mol. The van der Waals surface area contributed by atoms with Crippen molar-refractivity contribution < 1.29 is 4.43 Å². The van der Waals surface area contributed by atoms with E-state index < -0.39 is 8.32 Å². The highest BCUT2D eigenvalue weighted by Gasteiger charge is 2.36. The second kappa shape index (κ2) is 8.16. The first-order valence-electron chi connectivity index (χ1n) is 7.50. The molecule has 0 aliphatic rings. The Kier molecular flexibility index (Phi) is 8.12. The van der Waals surface area contributed by atoms with E-state index in [1.54, 1.807) is 0 Å². The third-order valence-corrected chi connectivity index (χ3v) is 8.59. The van der Waals surface area contributed by atoms with Gasteiger partial charge in [0.25, 0.3) is 0 Å². The van der Waals surface area contributed by atoms with Gasteiger partial charge in [-0.25, -0.2) is 0 Å². The number of unbranched alkanes of at least 4 members (excludes halogenated alkanes) is 2. The zero-order valence-electron chi connectivity index (χ0n) is 13.7. The lowest BCUT2D eigenvalue weighted by atomic mass is 10.1. The van der Waals surface area contributed by atoms with Crippen molar-refractivity contribution >= 4 is 8.32 Å². The van der Waals surface area contributed by atoms with Crippen molar-refractivity contribution in [1.82, 2.24) is 0 Å². The Morgan fingerprint density at radius 3 is 2.28 bits per heavy atom. The standard InChI is InChI=1S/C16H34OSi/c1-8-9-10-12-15(2)13-11-14-17-18(6,7)16(3,4)5/h13H,8-12,14H2,1-7H3/b15-13+. The highest BCUT2D eigenvalue weighted by Crippen LogP contribution is 2.36. The third kappa shape index (κ3) is 7.37. The molecule has 0 heterocycles. The Morgan fingerprint density at radius 1 is 1.17 bits per heavy atom. The van der Waals surface area contributed by atoms with Gasteiger partial charge in [-0.1, -0.05) is 52.2 Å². The van der Waals surface area contributed by atoms with E-state index in [0.29, 0.717) is 5.04 Å². The number of hydrogen-bond acceptors (Lipinski definition) is 1. The van der Waals surface area contributed by atoms with Crippen LogP contribution in [0, 0.1) is 0 Å². The molecule has 18 heavy (non-hydrogen) atoms. The fraction of sp³-hybridized carbons (Fsp3) is 0.875. The molecule has 1 nitrogen and oxygen atoms in total. The molecule has 0 saturated heterocycles. The van der Waals surface area contributed by atoms with Gasteiger partial charge in [0.15, 0.2) is 8.32 Å². The zero-order chi connectivity index (χ0) is 14.2. The number of allylic oxidation sites excluding steroid dienone is 1. The molecule has 0 aromatic carbocycles. The smallest absolute Gasteiger partial charge is 0.191 e. The molecule has 0 N–H and O–H groups in total. The maximum Gasteiger partial charge on any atom is 0.191 e. The summed E-state index contributed by atoms with van der Waals surface area (Å²) in [5.74, 6) is 0. The summed E-state index contributed by atoms with van der Waals surface area (Å²) >= 11 is 0. The average Bonchev–Trinajstić information content (AvgIpc) is 2.23. The van der Waals surface area contributed by atoms with Gasteiger partial charge in [-0.2, -0.15) is 0 Å². The Morgan fingerprint density at radius 2 is 1.78 bits per heavy atom. The first kappa shape index (κ1) is 17.9. The van der Waals surface area contributed by atoms with Gasteiger partial charge in [-0.3, -0.25) is 0 Å². The van der Waals surface area contributed by atoms with Crippen molar-refractivity contribution in [3.05, 3.63) is 11.6 Å². The lowest BCUT2D eigenvalue weighted by Crippen LogP contribution is -2.40. The summed E-state index contributed by atoms with van der Waals surface area (Å²) in [6.45, 7) is 16.9. The SMILES string of the molecule is CCCCC/C(C)=C/CCO[Si](C)(C)C(C)(C)C. The van der Waals surface area contributed by atoms with Crippen LogP contribution in [-0.4, -0.2) is 14.9 Å². The predicted octanol–water partition coefficient (Wildman–Crippen LogP) is 5.92. The fourth-order valence-electron chi connectivity index (χ4n) is 1.59. The first-order chi connectivity index (χ1) is 8.20. The molecule has 0 aromatic rings. The average molecular weight is 271 g/mol. The molecule has 0 amide bonds. The Bertz CT molecular complexity index is 248.